The number of benzene rings is 1. The number of primary amides is 1. The van der Waals surface area contributed by atoms with Gasteiger partial charge in [0.25, 0.3) is 0 Å². The highest BCUT2D eigenvalue weighted by molar-refractivity contribution is 7.99. The van der Waals surface area contributed by atoms with Gasteiger partial charge in [0.15, 0.2) is 5.49 Å². The average molecular weight is 374 g/mol. The van der Waals surface area contributed by atoms with Crippen molar-refractivity contribution in [2.45, 2.75) is 14.8 Å². The first kappa shape index (κ1) is 17.2. The van der Waals surface area contributed by atoms with Crippen LogP contribution in [0.5, 0.6) is 0 Å². The predicted molar refractivity (Wildman–Crippen MR) is 93.2 cm³/mol. The van der Waals surface area contributed by atoms with Crippen molar-refractivity contribution in [3.63, 3.8) is 0 Å². The normalized spacial score (nSPS) is 11.6. The van der Waals surface area contributed by atoms with Gasteiger partial charge in [0.2, 0.25) is 15.7 Å². The fourth-order valence-electron chi connectivity index (χ4n) is 2.37. The highest BCUT2D eigenvalue weighted by Gasteiger charge is 2.26. The minimum atomic E-state index is -3.94. The summed E-state index contributed by atoms with van der Waals surface area (Å²) in [5.74, 6) is -0.671. The number of carbonyl (C=O) groups is 1. The van der Waals surface area contributed by atoms with Crippen molar-refractivity contribution in [2.75, 3.05) is 6.26 Å². The smallest absolute Gasteiger partial charge is 0.250 e. The molecule has 9 heteroatoms. The maximum Gasteiger partial charge on any atom is 0.250 e. The quantitative estimate of drug-likeness (QED) is 0.529. The minimum Gasteiger partial charge on any atom is -0.366 e. The standard InChI is InChI=1S/C16H14N4O3S2/c1-24-16-13(25(22,23)11-5-3-2-4-6-11)14(17)20-9-10(15(18)21)7-8-12(20)19-16/h2-9,17H,1H3,(H2,18,21). The molecule has 0 saturated heterocycles. The van der Waals surface area contributed by atoms with Crippen molar-refractivity contribution >= 4 is 33.2 Å². The minimum absolute atomic E-state index is 0.0756. The summed E-state index contributed by atoms with van der Waals surface area (Å²) >= 11 is 1.14. The molecule has 0 aliphatic carbocycles. The predicted octanol–water partition coefficient (Wildman–Crippen LogP) is 1.47. The van der Waals surface area contributed by atoms with E-state index in [4.69, 9.17) is 11.1 Å². The molecule has 1 aromatic carbocycles. The van der Waals surface area contributed by atoms with Crippen molar-refractivity contribution in [3.05, 3.63) is 59.7 Å². The van der Waals surface area contributed by atoms with Crippen LogP contribution in [0.25, 0.3) is 5.65 Å². The third-order valence-electron chi connectivity index (χ3n) is 3.59. The van der Waals surface area contributed by atoms with Crippen molar-refractivity contribution in [1.82, 2.24) is 9.38 Å². The van der Waals surface area contributed by atoms with Gasteiger partial charge in [0.1, 0.15) is 15.6 Å². The van der Waals surface area contributed by atoms with Crippen LogP contribution in [0.1, 0.15) is 10.4 Å². The van der Waals surface area contributed by atoms with Crippen LogP contribution in [-0.2, 0) is 9.84 Å². The van der Waals surface area contributed by atoms with Crippen LogP contribution in [0, 0.1) is 5.41 Å². The van der Waals surface area contributed by atoms with Crippen molar-refractivity contribution < 1.29 is 13.2 Å². The molecular weight excluding hydrogens is 360 g/mol. The molecule has 0 aliphatic heterocycles. The topological polar surface area (TPSA) is 118 Å². The Labute approximate surface area is 148 Å². The number of nitrogens with two attached hydrogens (primary N) is 1. The van der Waals surface area contributed by atoms with Gasteiger partial charge in [0.05, 0.1) is 10.5 Å². The summed E-state index contributed by atoms with van der Waals surface area (Å²) in [6.07, 6.45) is 3.02. The molecule has 0 radical (unpaired) electrons. The van der Waals surface area contributed by atoms with Crippen LogP contribution in [0.2, 0.25) is 0 Å². The molecule has 0 saturated carbocycles. The van der Waals surface area contributed by atoms with Crippen molar-refractivity contribution in [3.8, 4) is 0 Å². The maximum atomic E-state index is 13.0. The molecule has 2 aromatic heterocycles. The van der Waals surface area contributed by atoms with Gasteiger partial charge in [-0.25, -0.2) is 13.4 Å². The summed E-state index contributed by atoms with van der Waals surface area (Å²) in [6, 6.07) is 10.9. The van der Waals surface area contributed by atoms with E-state index in [0.29, 0.717) is 5.65 Å². The summed E-state index contributed by atoms with van der Waals surface area (Å²) in [5.41, 5.74) is 5.51. The van der Waals surface area contributed by atoms with E-state index in [9.17, 15) is 13.2 Å². The molecule has 2 heterocycles. The van der Waals surface area contributed by atoms with Gasteiger partial charge in [-0.15, -0.1) is 11.8 Å². The number of fused-ring (bicyclic) bond motifs is 1. The number of nitrogens with one attached hydrogen (secondary N) is 1. The Balaban J connectivity index is 2.40. The molecular formula is C16H14N4O3S2. The molecule has 3 N–H and O–H groups in total. The number of carbonyl (C=O) groups excluding carboxylic acids is 1. The maximum absolute atomic E-state index is 13.0. The molecule has 0 fully saturated rings. The van der Waals surface area contributed by atoms with E-state index in [2.05, 4.69) is 4.98 Å². The van der Waals surface area contributed by atoms with Gasteiger partial charge in [0, 0.05) is 6.20 Å². The van der Waals surface area contributed by atoms with Gasteiger partial charge >= 0.3 is 0 Å². The van der Waals surface area contributed by atoms with Crippen LogP contribution in [0.4, 0.5) is 0 Å². The molecule has 3 aromatic rings. The van der Waals surface area contributed by atoms with Crippen LogP contribution < -0.4 is 11.2 Å². The molecule has 3 rings (SSSR count). The van der Waals surface area contributed by atoms with Gasteiger partial charge in [-0.2, -0.15) is 0 Å². The highest BCUT2D eigenvalue weighted by atomic mass is 32.2. The van der Waals surface area contributed by atoms with E-state index in [1.54, 1.807) is 24.5 Å². The van der Waals surface area contributed by atoms with Crippen LogP contribution >= 0.6 is 11.8 Å². The molecule has 0 aliphatic rings. The summed E-state index contributed by atoms with van der Waals surface area (Å²) in [5, 5.41) is 8.63. The van der Waals surface area contributed by atoms with E-state index in [1.165, 1.54) is 34.9 Å². The second kappa shape index (κ2) is 6.34. The highest BCUT2D eigenvalue weighted by Crippen LogP contribution is 2.26. The molecule has 25 heavy (non-hydrogen) atoms. The van der Waals surface area contributed by atoms with Crippen molar-refractivity contribution in [2.24, 2.45) is 5.73 Å². The Kier molecular flexibility index (Phi) is 4.36. The monoisotopic (exact) mass is 374 g/mol. The third-order valence-corrected chi connectivity index (χ3v) is 6.22. The molecule has 0 spiro atoms. The van der Waals surface area contributed by atoms with E-state index in [1.807, 2.05) is 0 Å². The lowest BCUT2D eigenvalue weighted by Crippen LogP contribution is -2.25. The zero-order valence-electron chi connectivity index (χ0n) is 13.1. The SMILES string of the molecule is CSc1nc2ccc(C(N)=O)cn2c(=N)c1S(=O)(=O)c1ccccc1. The fourth-order valence-corrected chi connectivity index (χ4v) is 4.80. The van der Waals surface area contributed by atoms with Gasteiger partial charge < -0.3 is 5.73 Å². The van der Waals surface area contributed by atoms with Crippen molar-refractivity contribution in [1.29, 1.82) is 5.41 Å². The number of pyridine rings is 1. The van der Waals surface area contributed by atoms with E-state index >= 15 is 0 Å². The zero-order valence-corrected chi connectivity index (χ0v) is 14.8. The zero-order chi connectivity index (χ0) is 18.2. The third kappa shape index (κ3) is 2.92. The summed E-state index contributed by atoms with van der Waals surface area (Å²) in [6.45, 7) is 0. The average Bonchev–Trinajstić information content (AvgIpc) is 2.61. The number of amides is 1. The lowest BCUT2D eigenvalue weighted by molar-refractivity contribution is 0.1000. The van der Waals surface area contributed by atoms with Gasteiger partial charge in [-0.05, 0) is 30.5 Å². The molecule has 128 valence electrons. The fraction of sp³-hybridized carbons (Fsp3) is 0.0625. The number of sulfone groups is 1. The first-order chi connectivity index (χ1) is 11.9. The molecule has 0 bridgehead atoms. The molecule has 1 amide bonds. The summed E-state index contributed by atoms with van der Waals surface area (Å²) in [4.78, 5) is 15.6. The number of aromatic nitrogens is 2. The van der Waals surface area contributed by atoms with Gasteiger partial charge in [-0.1, -0.05) is 18.2 Å². The number of hydrogen-bond donors (Lipinski definition) is 2. The van der Waals surface area contributed by atoms with E-state index in [0.717, 1.165) is 11.8 Å². The number of thioether (sulfide) groups is 1. The van der Waals surface area contributed by atoms with Crippen LogP contribution in [0.15, 0.2) is 63.5 Å². The lowest BCUT2D eigenvalue weighted by atomic mass is 10.2. The second-order valence-electron chi connectivity index (χ2n) is 5.13. The first-order valence-corrected chi connectivity index (χ1v) is 9.82. The Morgan fingerprint density at radius 2 is 1.88 bits per heavy atom. The Morgan fingerprint density at radius 3 is 2.48 bits per heavy atom. The lowest BCUT2D eigenvalue weighted by Gasteiger charge is -2.12. The molecule has 0 unspecified atom stereocenters. The Bertz CT molecular complexity index is 1140. The largest absolute Gasteiger partial charge is 0.366 e. The molecule has 0 atom stereocenters. The van der Waals surface area contributed by atoms with Crippen LogP contribution in [0.3, 0.4) is 0 Å². The molecule has 7 nitrogen and oxygen atoms in total. The summed E-state index contributed by atoms with van der Waals surface area (Å²) in [7, 11) is -3.94. The van der Waals surface area contributed by atoms with E-state index in [-0.39, 0.29) is 25.9 Å². The first-order valence-electron chi connectivity index (χ1n) is 7.11. The number of rotatable bonds is 4. The Hall–Kier alpha value is -2.65. The number of nitrogens with zero attached hydrogens (tertiary/aromatic N) is 2. The van der Waals surface area contributed by atoms with Gasteiger partial charge in [-0.3, -0.25) is 14.6 Å². The second-order valence-corrected chi connectivity index (χ2v) is 7.81. The summed E-state index contributed by atoms with van der Waals surface area (Å²) < 4.78 is 27.3. The van der Waals surface area contributed by atoms with E-state index < -0.39 is 15.7 Å². The number of hydrogen-bond acceptors (Lipinski definition) is 6. The van der Waals surface area contributed by atoms with Crippen LogP contribution in [-0.4, -0.2) is 30.0 Å². The Morgan fingerprint density at radius 1 is 1.20 bits per heavy atom.